The molecule has 3 rings (SSSR count). The molecular formula is C31H37Cl2N3O4S. The van der Waals surface area contributed by atoms with Gasteiger partial charge in [-0.05, 0) is 62.6 Å². The first-order valence-electron chi connectivity index (χ1n) is 13.5. The molecule has 0 bridgehead atoms. The summed E-state index contributed by atoms with van der Waals surface area (Å²) in [5.41, 5.74) is 2.90. The van der Waals surface area contributed by atoms with Gasteiger partial charge in [0.15, 0.2) is 0 Å². The quantitative estimate of drug-likeness (QED) is 0.254. The van der Waals surface area contributed by atoms with Gasteiger partial charge in [-0.15, -0.1) is 0 Å². The summed E-state index contributed by atoms with van der Waals surface area (Å²) in [5.74, 6) is -0.601. The molecule has 3 aromatic rings. The van der Waals surface area contributed by atoms with Crippen molar-refractivity contribution < 1.29 is 18.0 Å². The number of hydrogen-bond acceptors (Lipinski definition) is 4. The summed E-state index contributed by atoms with van der Waals surface area (Å²) in [5, 5.41) is 3.73. The SMILES string of the molecule is Cc1cccc(N(CCCC(=O)N(Cc2c(Cl)cccc2Cl)[C@@H](Cc2ccccc2)C(=O)NC(C)C)S(C)(=O)=O)c1. The van der Waals surface area contributed by atoms with E-state index in [1.807, 2.05) is 57.2 Å². The van der Waals surface area contributed by atoms with E-state index in [1.165, 1.54) is 9.21 Å². The van der Waals surface area contributed by atoms with Gasteiger partial charge >= 0.3 is 0 Å². The average Bonchev–Trinajstić information content (AvgIpc) is 2.89. The Labute approximate surface area is 253 Å². The summed E-state index contributed by atoms with van der Waals surface area (Å²) in [6.45, 7) is 5.74. The lowest BCUT2D eigenvalue weighted by molar-refractivity contribution is -0.141. The van der Waals surface area contributed by atoms with Crippen LogP contribution in [0.3, 0.4) is 0 Å². The first kappa shape index (κ1) is 32.4. The number of hydrogen-bond donors (Lipinski definition) is 1. The molecule has 10 heteroatoms. The third-order valence-electron chi connectivity index (χ3n) is 6.53. The van der Waals surface area contributed by atoms with Crippen LogP contribution in [-0.2, 0) is 32.6 Å². The van der Waals surface area contributed by atoms with Crippen molar-refractivity contribution in [2.45, 2.75) is 58.7 Å². The van der Waals surface area contributed by atoms with E-state index in [0.717, 1.165) is 17.4 Å². The zero-order valence-electron chi connectivity index (χ0n) is 23.8. The van der Waals surface area contributed by atoms with Crippen LogP contribution >= 0.6 is 23.2 Å². The molecule has 0 unspecified atom stereocenters. The predicted octanol–water partition coefficient (Wildman–Crippen LogP) is 6.01. The summed E-state index contributed by atoms with van der Waals surface area (Å²) in [6.07, 6.45) is 1.69. The molecule has 0 saturated heterocycles. The lowest BCUT2D eigenvalue weighted by atomic mass is 10.0. The number of sulfonamides is 1. The van der Waals surface area contributed by atoms with Gasteiger partial charge in [0.1, 0.15) is 6.04 Å². The average molecular weight is 619 g/mol. The molecule has 220 valence electrons. The molecule has 0 saturated carbocycles. The van der Waals surface area contributed by atoms with Crippen molar-refractivity contribution >= 4 is 50.7 Å². The van der Waals surface area contributed by atoms with E-state index < -0.39 is 16.1 Å². The second-order valence-corrected chi connectivity index (χ2v) is 13.1. The number of carbonyl (C=O) groups excluding carboxylic acids is 2. The van der Waals surface area contributed by atoms with Gasteiger partial charge < -0.3 is 10.2 Å². The maximum atomic E-state index is 13.9. The van der Waals surface area contributed by atoms with E-state index in [9.17, 15) is 18.0 Å². The minimum absolute atomic E-state index is 0.0140. The zero-order chi connectivity index (χ0) is 30.2. The second-order valence-electron chi connectivity index (χ2n) is 10.4. The normalized spacial score (nSPS) is 12.2. The highest BCUT2D eigenvalue weighted by Gasteiger charge is 2.31. The molecule has 0 aliphatic carbocycles. The smallest absolute Gasteiger partial charge is 0.243 e. The molecule has 1 N–H and O–H groups in total. The van der Waals surface area contributed by atoms with Gasteiger partial charge in [0.05, 0.1) is 11.9 Å². The number of amides is 2. The fourth-order valence-electron chi connectivity index (χ4n) is 4.58. The standard InChI is InChI=1S/C31H37Cl2N3O4S/c1-22(2)34-31(38)29(20-24-12-6-5-7-13-24)35(21-26-27(32)15-9-16-28(26)33)30(37)17-10-18-36(41(4,39)40)25-14-8-11-23(3)19-25/h5-9,11-16,19,22,29H,10,17-18,20-21H2,1-4H3,(H,34,38)/t29-/m0/s1. The van der Waals surface area contributed by atoms with E-state index >= 15 is 0 Å². The van der Waals surface area contributed by atoms with Crippen molar-refractivity contribution in [3.8, 4) is 0 Å². The van der Waals surface area contributed by atoms with Crippen LogP contribution in [0.25, 0.3) is 0 Å². The number of anilines is 1. The van der Waals surface area contributed by atoms with Gasteiger partial charge in [0.25, 0.3) is 0 Å². The second kappa shape index (κ2) is 14.7. The van der Waals surface area contributed by atoms with Crippen molar-refractivity contribution in [3.63, 3.8) is 0 Å². The van der Waals surface area contributed by atoms with Crippen molar-refractivity contribution in [2.75, 3.05) is 17.1 Å². The number of nitrogens with one attached hydrogen (secondary N) is 1. The molecule has 0 radical (unpaired) electrons. The van der Waals surface area contributed by atoms with E-state index in [1.54, 1.807) is 36.4 Å². The van der Waals surface area contributed by atoms with Crippen molar-refractivity contribution in [2.24, 2.45) is 0 Å². The summed E-state index contributed by atoms with van der Waals surface area (Å²) >= 11 is 13.0. The van der Waals surface area contributed by atoms with E-state index in [4.69, 9.17) is 23.2 Å². The lowest BCUT2D eigenvalue weighted by Gasteiger charge is -2.33. The van der Waals surface area contributed by atoms with E-state index in [-0.39, 0.29) is 50.2 Å². The summed E-state index contributed by atoms with van der Waals surface area (Å²) in [4.78, 5) is 29.0. The van der Waals surface area contributed by atoms with Crippen molar-refractivity contribution in [3.05, 3.63) is 99.5 Å². The molecule has 7 nitrogen and oxygen atoms in total. The van der Waals surface area contributed by atoms with Crippen LogP contribution in [0, 0.1) is 6.92 Å². The minimum Gasteiger partial charge on any atom is -0.352 e. The van der Waals surface area contributed by atoms with Gasteiger partial charge in [-0.3, -0.25) is 13.9 Å². The highest BCUT2D eigenvalue weighted by molar-refractivity contribution is 7.92. The number of halogens is 2. The molecule has 41 heavy (non-hydrogen) atoms. The highest BCUT2D eigenvalue weighted by Crippen LogP contribution is 2.28. The van der Waals surface area contributed by atoms with Gasteiger partial charge in [-0.1, -0.05) is 71.7 Å². The van der Waals surface area contributed by atoms with Gasteiger partial charge in [-0.2, -0.15) is 0 Å². The molecule has 2 amide bonds. The molecule has 0 fully saturated rings. The molecule has 0 spiro atoms. The molecular weight excluding hydrogens is 581 g/mol. The van der Waals surface area contributed by atoms with Crippen LogP contribution in [0.5, 0.6) is 0 Å². The van der Waals surface area contributed by atoms with Crippen LogP contribution in [0.15, 0.2) is 72.8 Å². The summed E-state index contributed by atoms with van der Waals surface area (Å²) < 4.78 is 26.5. The number of nitrogens with zero attached hydrogens (tertiary/aromatic N) is 2. The number of benzene rings is 3. The fourth-order valence-corrected chi connectivity index (χ4v) is 6.05. The minimum atomic E-state index is -3.59. The summed E-state index contributed by atoms with van der Waals surface area (Å²) in [7, 11) is -3.59. The highest BCUT2D eigenvalue weighted by atomic mass is 35.5. The summed E-state index contributed by atoms with van der Waals surface area (Å²) in [6, 6.07) is 20.8. The van der Waals surface area contributed by atoms with Crippen molar-refractivity contribution in [1.29, 1.82) is 0 Å². The Kier molecular flexibility index (Phi) is 11.6. The fraction of sp³-hybridized carbons (Fsp3) is 0.355. The maximum absolute atomic E-state index is 13.9. The molecule has 0 heterocycles. The molecule has 1 atom stereocenters. The van der Waals surface area contributed by atoms with Crippen LogP contribution in [0.1, 0.15) is 43.4 Å². The topological polar surface area (TPSA) is 86.8 Å². The molecule has 3 aromatic carbocycles. The number of aryl methyl sites for hydroxylation is 1. The Hall–Kier alpha value is -3.07. The Morgan fingerprint density at radius 3 is 2.15 bits per heavy atom. The van der Waals surface area contributed by atoms with E-state index in [0.29, 0.717) is 21.3 Å². The zero-order valence-corrected chi connectivity index (χ0v) is 26.1. The largest absolute Gasteiger partial charge is 0.352 e. The van der Waals surface area contributed by atoms with Crippen LogP contribution in [-0.4, -0.2) is 50.0 Å². The Bertz CT molecular complexity index is 1430. The van der Waals surface area contributed by atoms with E-state index in [2.05, 4.69) is 5.32 Å². The number of carbonyl (C=O) groups is 2. The number of rotatable bonds is 13. The maximum Gasteiger partial charge on any atom is 0.243 e. The predicted molar refractivity (Wildman–Crippen MR) is 167 cm³/mol. The first-order chi connectivity index (χ1) is 19.4. The first-order valence-corrected chi connectivity index (χ1v) is 16.1. The Morgan fingerprint density at radius 1 is 0.927 bits per heavy atom. The molecule has 0 aliphatic heterocycles. The third kappa shape index (κ3) is 9.48. The molecule has 0 aliphatic rings. The molecule has 0 aromatic heterocycles. The Balaban J connectivity index is 1.93. The van der Waals surface area contributed by atoms with Crippen molar-refractivity contribution in [1.82, 2.24) is 10.2 Å². The third-order valence-corrected chi connectivity index (χ3v) is 8.44. The van der Waals surface area contributed by atoms with Crippen LogP contribution in [0.4, 0.5) is 5.69 Å². The van der Waals surface area contributed by atoms with Gasteiger partial charge in [-0.25, -0.2) is 8.42 Å². The monoisotopic (exact) mass is 617 g/mol. The van der Waals surface area contributed by atoms with Crippen LogP contribution in [0.2, 0.25) is 10.0 Å². The van der Waals surface area contributed by atoms with Crippen LogP contribution < -0.4 is 9.62 Å². The van der Waals surface area contributed by atoms with Gasteiger partial charge in [0, 0.05) is 47.6 Å². The Morgan fingerprint density at radius 2 is 1.56 bits per heavy atom. The van der Waals surface area contributed by atoms with Gasteiger partial charge in [0.2, 0.25) is 21.8 Å². The lowest BCUT2D eigenvalue weighted by Crippen LogP contribution is -2.52.